The lowest BCUT2D eigenvalue weighted by Gasteiger charge is -2.43. The highest BCUT2D eigenvalue weighted by Crippen LogP contribution is 2.79. The predicted octanol–water partition coefficient (Wildman–Crippen LogP) is 6.50. The van der Waals surface area contributed by atoms with Gasteiger partial charge >= 0.3 is 0 Å². The van der Waals surface area contributed by atoms with Crippen LogP contribution in [0, 0.1) is 59.2 Å². The second-order valence-corrected chi connectivity index (χ2v) is 8.49. The summed E-state index contributed by atoms with van der Waals surface area (Å²) in [5.41, 5.74) is 0. The van der Waals surface area contributed by atoms with Gasteiger partial charge in [-0.3, -0.25) is 0 Å². The fraction of sp³-hybridized carbons (Fsp3) is 0.913. The highest BCUT2D eigenvalue weighted by atomic mass is 16.6. The maximum Gasteiger partial charge on any atom is 0.146 e. The Bertz CT molecular complexity index is 478. The second kappa shape index (κ2) is 6.06. The fourth-order valence-electron chi connectivity index (χ4n) is 8.57. The molecule has 136 valence electrons. The molecule has 6 aliphatic carbocycles. The molecular weight excluding hydrogens is 292 g/mol. The minimum absolute atomic E-state index is 0.907. The van der Waals surface area contributed by atoms with Crippen LogP contribution in [0.3, 0.4) is 0 Å². The molecular formula is C23H38O. The fourth-order valence-corrected chi connectivity index (χ4v) is 8.57. The minimum atomic E-state index is 0.907. The third-order valence-electron chi connectivity index (χ3n) is 8.54. The van der Waals surface area contributed by atoms with Crippen LogP contribution in [0.15, 0.2) is 11.5 Å². The van der Waals surface area contributed by atoms with Gasteiger partial charge in [-0.2, -0.15) is 0 Å². The molecule has 0 saturated heterocycles. The number of ether oxygens (including phenoxy) is 1. The van der Waals surface area contributed by atoms with E-state index in [1.807, 2.05) is 41.5 Å². The Morgan fingerprint density at radius 3 is 1.50 bits per heavy atom. The van der Waals surface area contributed by atoms with Gasteiger partial charge in [-0.25, -0.2) is 0 Å². The van der Waals surface area contributed by atoms with Crippen molar-refractivity contribution >= 4 is 0 Å². The van der Waals surface area contributed by atoms with E-state index in [9.17, 15) is 0 Å². The first-order chi connectivity index (χ1) is 11.9. The first kappa shape index (κ1) is 17.0. The van der Waals surface area contributed by atoms with Crippen LogP contribution < -0.4 is 0 Å². The standard InChI is InChI=1S/C17H20O.3C2H6/c1-2-7-3-6(1)12-8-4-9(13(7)12)15-11-5-10(14(8)15)16-17(11)18-16;3*1-2/h6-15H,1-5H2;3*1-2H3. The Morgan fingerprint density at radius 1 is 0.583 bits per heavy atom. The number of fused-ring (bicyclic) bond motifs is 18. The molecule has 1 aliphatic heterocycles. The molecule has 6 bridgehead atoms. The lowest BCUT2D eigenvalue weighted by Crippen LogP contribution is -2.39. The molecule has 5 fully saturated rings. The Kier molecular flexibility index (Phi) is 4.29. The smallest absolute Gasteiger partial charge is 0.146 e. The third kappa shape index (κ3) is 1.83. The lowest BCUT2D eigenvalue weighted by molar-refractivity contribution is 0.0505. The summed E-state index contributed by atoms with van der Waals surface area (Å²) in [5.74, 6) is 13.9. The zero-order valence-corrected chi connectivity index (χ0v) is 16.7. The van der Waals surface area contributed by atoms with Gasteiger partial charge < -0.3 is 4.74 Å². The molecule has 24 heavy (non-hydrogen) atoms. The molecule has 1 nitrogen and oxygen atoms in total. The molecule has 7 aliphatic rings. The summed E-state index contributed by atoms with van der Waals surface area (Å²) >= 11 is 0. The minimum Gasteiger partial charge on any atom is -0.458 e. The summed E-state index contributed by atoms with van der Waals surface area (Å²) in [4.78, 5) is 0. The average Bonchev–Trinajstić information content (AvgIpc) is 3.25. The summed E-state index contributed by atoms with van der Waals surface area (Å²) in [7, 11) is 0. The summed E-state index contributed by atoms with van der Waals surface area (Å²) in [6, 6.07) is 0. The largest absolute Gasteiger partial charge is 0.458 e. The topological polar surface area (TPSA) is 12.5 Å². The predicted molar refractivity (Wildman–Crippen MR) is 100 cm³/mol. The maximum absolute atomic E-state index is 5.83. The Hall–Kier alpha value is -0.460. The van der Waals surface area contributed by atoms with E-state index in [0.717, 1.165) is 47.3 Å². The van der Waals surface area contributed by atoms with Crippen molar-refractivity contribution in [2.45, 2.75) is 73.6 Å². The van der Waals surface area contributed by atoms with Gasteiger partial charge in [-0.05, 0) is 79.4 Å². The summed E-state index contributed by atoms with van der Waals surface area (Å²) in [6.07, 6.45) is 7.93. The molecule has 0 radical (unpaired) electrons. The van der Waals surface area contributed by atoms with Crippen LogP contribution in [0.2, 0.25) is 0 Å². The van der Waals surface area contributed by atoms with Crippen molar-refractivity contribution in [1.29, 1.82) is 0 Å². The van der Waals surface area contributed by atoms with E-state index in [1.54, 1.807) is 25.7 Å². The average molecular weight is 331 g/mol. The van der Waals surface area contributed by atoms with Gasteiger partial charge in [0.15, 0.2) is 0 Å². The molecule has 1 heteroatoms. The molecule has 10 unspecified atom stereocenters. The molecule has 0 spiro atoms. The van der Waals surface area contributed by atoms with Gasteiger partial charge in [0.05, 0.1) is 0 Å². The molecule has 7 rings (SSSR count). The van der Waals surface area contributed by atoms with E-state index in [1.165, 1.54) is 29.8 Å². The van der Waals surface area contributed by atoms with Gasteiger partial charge in [0.2, 0.25) is 0 Å². The SMILES string of the molecule is C1CC2CC1C1C3CC(C21)C1C2CC(C4=C2O4)C31.CC.CC.CC. The Balaban J connectivity index is 0.000000223. The first-order valence-electron chi connectivity index (χ1n) is 11.3. The molecule has 0 amide bonds. The molecule has 5 saturated carbocycles. The van der Waals surface area contributed by atoms with Crippen LogP contribution in [0.4, 0.5) is 0 Å². The molecule has 0 aromatic rings. The summed E-state index contributed by atoms with van der Waals surface area (Å²) in [5, 5.41) is 0. The highest BCUT2D eigenvalue weighted by molar-refractivity contribution is 5.38. The summed E-state index contributed by atoms with van der Waals surface area (Å²) in [6.45, 7) is 12.0. The van der Waals surface area contributed by atoms with Crippen LogP contribution >= 0.6 is 0 Å². The van der Waals surface area contributed by atoms with Crippen molar-refractivity contribution in [3.05, 3.63) is 11.5 Å². The van der Waals surface area contributed by atoms with Gasteiger partial charge in [0, 0.05) is 11.8 Å². The monoisotopic (exact) mass is 330 g/mol. The van der Waals surface area contributed by atoms with Crippen molar-refractivity contribution in [2.75, 3.05) is 0 Å². The molecule has 0 N–H and O–H groups in total. The number of rotatable bonds is 0. The highest BCUT2D eigenvalue weighted by Gasteiger charge is 2.74. The van der Waals surface area contributed by atoms with Gasteiger partial charge in [0.1, 0.15) is 11.5 Å². The molecule has 0 aromatic heterocycles. The van der Waals surface area contributed by atoms with Crippen LogP contribution in [0.25, 0.3) is 0 Å². The number of hydrogen-bond acceptors (Lipinski definition) is 1. The van der Waals surface area contributed by atoms with Gasteiger partial charge in [-0.15, -0.1) is 0 Å². The Labute approximate surface area is 149 Å². The lowest BCUT2D eigenvalue weighted by atomic mass is 9.61. The zero-order valence-electron chi connectivity index (χ0n) is 16.7. The van der Waals surface area contributed by atoms with E-state index in [0.29, 0.717) is 0 Å². The van der Waals surface area contributed by atoms with E-state index < -0.39 is 0 Å². The maximum atomic E-state index is 5.83. The number of hydrogen-bond donors (Lipinski definition) is 0. The molecule has 1 heterocycles. The quantitative estimate of drug-likeness (QED) is 0.462. The molecule has 10 atom stereocenters. The van der Waals surface area contributed by atoms with Crippen LogP contribution in [0.1, 0.15) is 73.6 Å². The van der Waals surface area contributed by atoms with Crippen LogP contribution in [-0.4, -0.2) is 0 Å². The van der Waals surface area contributed by atoms with E-state index in [-0.39, 0.29) is 0 Å². The van der Waals surface area contributed by atoms with Crippen molar-refractivity contribution in [2.24, 2.45) is 59.2 Å². The molecule has 0 aromatic carbocycles. The van der Waals surface area contributed by atoms with Crippen molar-refractivity contribution < 1.29 is 4.74 Å². The van der Waals surface area contributed by atoms with Crippen molar-refractivity contribution in [3.8, 4) is 0 Å². The van der Waals surface area contributed by atoms with E-state index in [2.05, 4.69) is 0 Å². The third-order valence-corrected chi connectivity index (χ3v) is 8.54. The first-order valence-corrected chi connectivity index (χ1v) is 11.3. The van der Waals surface area contributed by atoms with Gasteiger partial charge in [0.25, 0.3) is 0 Å². The van der Waals surface area contributed by atoms with E-state index in [4.69, 9.17) is 4.74 Å². The Morgan fingerprint density at radius 2 is 1.04 bits per heavy atom. The van der Waals surface area contributed by atoms with Crippen molar-refractivity contribution in [1.82, 2.24) is 0 Å². The van der Waals surface area contributed by atoms with Crippen LogP contribution in [0.5, 0.6) is 0 Å². The second-order valence-electron chi connectivity index (χ2n) is 8.49. The zero-order chi connectivity index (χ0) is 17.2. The normalized spacial score (nSPS) is 54.4. The van der Waals surface area contributed by atoms with Gasteiger partial charge in [-0.1, -0.05) is 41.5 Å². The number of allylic oxidation sites excluding steroid dienone is 2. The van der Waals surface area contributed by atoms with E-state index >= 15 is 0 Å². The summed E-state index contributed by atoms with van der Waals surface area (Å²) < 4.78 is 5.83. The van der Waals surface area contributed by atoms with Crippen molar-refractivity contribution in [3.63, 3.8) is 0 Å². The van der Waals surface area contributed by atoms with Crippen LogP contribution in [-0.2, 0) is 4.74 Å².